The molecule has 1 N–H and O–H groups in total. The average molecular weight is 455 g/mol. The lowest BCUT2D eigenvalue weighted by atomic mass is 10.1. The summed E-state index contributed by atoms with van der Waals surface area (Å²) in [4.78, 5) is 32.5. The Morgan fingerprint density at radius 1 is 1.12 bits per heavy atom. The second kappa shape index (κ2) is 8.54. The van der Waals surface area contributed by atoms with Crippen LogP contribution in [0, 0.1) is 27.7 Å². The lowest BCUT2D eigenvalue weighted by Crippen LogP contribution is -2.32. The highest BCUT2D eigenvalue weighted by atomic mass is 32.1. The van der Waals surface area contributed by atoms with Gasteiger partial charge in [-0.1, -0.05) is 17.2 Å². The first-order valence-electron chi connectivity index (χ1n) is 10.1. The topological polar surface area (TPSA) is 120 Å². The Hall–Kier alpha value is -3.53. The van der Waals surface area contributed by atoms with Crippen molar-refractivity contribution in [1.29, 1.82) is 0 Å². The first-order chi connectivity index (χ1) is 15.3. The van der Waals surface area contributed by atoms with Gasteiger partial charge < -0.3 is 19.1 Å². The third-order valence-electron chi connectivity index (χ3n) is 4.95. The van der Waals surface area contributed by atoms with Crippen LogP contribution in [0.2, 0.25) is 0 Å². The van der Waals surface area contributed by atoms with E-state index >= 15 is 0 Å². The highest BCUT2D eigenvalue weighted by molar-refractivity contribution is 7.12. The van der Waals surface area contributed by atoms with Gasteiger partial charge in [0.1, 0.15) is 5.76 Å². The molecule has 0 aliphatic carbocycles. The average Bonchev–Trinajstić information content (AvgIpc) is 3.43. The van der Waals surface area contributed by atoms with E-state index in [9.17, 15) is 9.59 Å². The molecule has 0 radical (unpaired) electrons. The number of aromatic nitrogens is 3. The monoisotopic (exact) mass is 454 g/mol. The molecule has 1 amide bonds. The van der Waals surface area contributed by atoms with Gasteiger partial charge in [0.15, 0.2) is 11.9 Å². The predicted molar refractivity (Wildman–Crippen MR) is 119 cm³/mol. The Morgan fingerprint density at radius 2 is 1.91 bits per heavy atom. The number of hydrogen-bond donors (Lipinski definition) is 1. The van der Waals surface area contributed by atoms with Crippen LogP contribution in [0.4, 0.5) is 5.82 Å². The molecule has 0 aliphatic heterocycles. The first-order valence-corrected chi connectivity index (χ1v) is 10.9. The van der Waals surface area contributed by atoms with Gasteiger partial charge in [-0.3, -0.25) is 4.79 Å². The van der Waals surface area contributed by atoms with Crippen molar-refractivity contribution < 1.29 is 23.4 Å². The van der Waals surface area contributed by atoms with Crippen molar-refractivity contribution in [2.24, 2.45) is 0 Å². The molecule has 4 heterocycles. The van der Waals surface area contributed by atoms with Crippen LogP contribution in [0.5, 0.6) is 0 Å². The number of nitrogens with zero attached hydrogens (tertiary/aromatic N) is 3. The van der Waals surface area contributed by atoms with Gasteiger partial charge in [-0.15, -0.1) is 11.3 Å². The number of thiophene rings is 1. The number of rotatable bonds is 6. The quantitative estimate of drug-likeness (QED) is 0.415. The second-order valence-electron chi connectivity index (χ2n) is 7.44. The molecule has 1 unspecified atom stereocenters. The summed E-state index contributed by atoms with van der Waals surface area (Å²) in [6, 6.07) is 5.25. The molecule has 0 aromatic carbocycles. The summed E-state index contributed by atoms with van der Waals surface area (Å²) >= 11 is 1.64. The van der Waals surface area contributed by atoms with Crippen molar-refractivity contribution in [3.05, 3.63) is 45.0 Å². The van der Waals surface area contributed by atoms with Crippen LogP contribution in [0.25, 0.3) is 22.4 Å². The lowest BCUT2D eigenvalue weighted by molar-refractivity contribution is -0.124. The minimum atomic E-state index is -1.02. The first kappa shape index (κ1) is 21.7. The van der Waals surface area contributed by atoms with E-state index in [1.54, 1.807) is 44.2 Å². The normalized spacial score (nSPS) is 12.2. The molecule has 0 aliphatic rings. The SMILES string of the molecule is CCC(OC(=O)c1cc(-c2cc(C)sc2C)nc2onc(C)c12)C(=O)Nc1cc(C)on1. The zero-order chi connectivity index (χ0) is 23.0. The Labute approximate surface area is 187 Å². The number of amides is 1. The van der Waals surface area contributed by atoms with Crippen LogP contribution >= 0.6 is 11.3 Å². The number of aryl methyl sites for hydroxylation is 4. The summed E-state index contributed by atoms with van der Waals surface area (Å²) in [5, 5.41) is 10.8. The van der Waals surface area contributed by atoms with E-state index in [4.69, 9.17) is 13.8 Å². The molecule has 4 aromatic heterocycles. The summed E-state index contributed by atoms with van der Waals surface area (Å²) in [7, 11) is 0. The molecular weight excluding hydrogens is 432 g/mol. The summed E-state index contributed by atoms with van der Waals surface area (Å²) < 4.78 is 15.9. The molecule has 32 heavy (non-hydrogen) atoms. The summed E-state index contributed by atoms with van der Waals surface area (Å²) in [5.41, 5.74) is 2.49. The lowest BCUT2D eigenvalue weighted by Gasteiger charge is -2.15. The number of pyridine rings is 1. The molecule has 4 aromatic rings. The van der Waals surface area contributed by atoms with Crippen LogP contribution in [-0.4, -0.2) is 33.3 Å². The van der Waals surface area contributed by atoms with Crippen molar-refractivity contribution >= 4 is 40.1 Å². The number of hydrogen-bond acceptors (Lipinski definition) is 9. The zero-order valence-corrected chi connectivity index (χ0v) is 19.1. The maximum absolute atomic E-state index is 13.2. The molecular formula is C22H22N4O5S. The molecule has 1 atom stereocenters. The van der Waals surface area contributed by atoms with Crippen molar-refractivity contribution in [3.63, 3.8) is 0 Å². The third kappa shape index (κ3) is 4.13. The number of anilines is 1. The van der Waals surface area contributed by atoms with Crippen LogP contribution < -0.4 is 5.32 Å². The van der Waals surface area contributed by atoms with Gasteiger partial charge in [0.2, 0.25) is 0 Å². The van der Waals surface area contributed by atoms with Gasteiger partial charge in [-0.2, -0.15) is 0 Å². The highest BCUT2D eigenvalue weighted by Crippen LogP contribution is 2.33. The van der Waals surface area contributed by atoms with Gasteiger partial charge in [0.25, 0.3) is 11.6 Å². The summed E-state index contributed by atoms with van der Waals surface area (Å²) in [6.07, 6.45) is -0.738. The Bertz CT molecular complexity index is 1320. The fourth-order valence-corrected chi connectivity index (χ4v) is 4.36. The number of esters is 1. The van der Waals surface area contributed by atoms with E-state index in [0.717, 1.165) is 15.3 Å². The largest absolute Gasteiger partial charge is 0.449 e. The fraction of sp³-hybridized carbons (Fsp3) is 0.318. The third-order valence-corrected chi connectivity index (χ3v) is 5.91. The predicted octanol–water partition coefficient (Wildman–Crippen LogP) is 4.75. The molecule has 10 heteroatoms. The number of nitrogens with one attached hydrogen (secondary N) is 1. The summed E-state index contributed by atoms with van der Waals surface area (Å²) in [6.45, 7) is 9.19. The Morgan fingerprint density at radius 3 is 2.53 bits per heavy atom. The van der Waals surface area contributed by atoms with E-state index in [1.165, 1.54) is 0 Å². The van der Waals surface area contributed by atoms with Crippen molar-refractivity contribution in [3.8, 4) is 11.3 Å². The van der Waals surface area contributed by atoms with Gasteiger partial charge in [-0.05, 0) is 46.2 Å². The van der Waals surface area contributed by atoms with Crippen LogP contribution in [0.3, 0.4) is 0 Å². The van der Waals surface area contributed by atoms with Crippen LogP contribution in [0.15, 0.2) is 27.2 Å². The molecule has 0 saturated carbocycles. The van der Waals surface area contributed by atoms with Crippen LogP contribution in [-0.2, 0) is 9.53 Å². The minimum Gasteiger partial charge on any atom is -0.449 e. The van der Waals surface area contributed by atoms with Crippen molar-refractivity contribution in [1.82, 2.24) is 15.3 Å². The maximum atomic E-state index is 13.2. The summed E-state index contributed by atoms with van der Waals surface area (Å²) in [5.74, 6) is -0.341. The number of carbonyl (C=O) groups excluding carboxylic acids is 2. The van der Waals surface area contributed by atoms with Crippen LogP contribution in [0.1, 0.15) is 44.9 Å². The number of fused-ring (bicyclic) bond motifs is 1. The van der Waals surface area contributed by atoms with Crippen molar-refractivity contribution in [2.75, 3.05) is 5.32 Å². The highest BCUT2D eigenvalue weighted by Gasteiger charge is 2.27. The minimum absolute atomic E-state index is 0.241. The molecule has 0 fully saturated rings. The van der Waals surface area contributed by atoms with E-state index in [0.29, 0.717) is 22.5 Å². The molecule has 0 bridgehead atoms. The van der Waals surface area contributed by atoms with Gasteiger partial charge in [0.05, 0.1) is 22.3 Å². The van der Waals surface area contributed by atoms with Gasteiger partial charge in [0, 0.05) is 21.4 Å². The van der Waals surface area contributed by atoms with E-state index in [1.807, 2.05) is 19.9 Å². The Balaban J connectivity index is 1.66. The number of carbonyl (C=O) groups is 2. The molecule has 4 rings (SSSR count). The maximum Gasteiger partial charge on any atom is 0.339 e. The van der Waals surface area contributed by atoms with E-state index < -0.39 is 18.0 Å². The Kier molecular flexibility index (Phi) is 5.79. The standard InChI is InChI=1S/C22H22N4O5S/c1-6-17(20(27)24-18-7-10(2)30-26-18)29-22(28)15-9-16(14-8-11(3)32-13(14)5)23-21-19(15)12(4)25-31-21/h7-9,17H,6H2,1-5H3,(H,24,26,27). The molecule has 0 saturated heterocycles. The van der Waals surface area contributed by atoms with Gasteiger partial charge >= 0.3 is 5.97 Å². The zero-order valence-electron chi connectivity index (χ0n) is 18.3. The fourth-order valence-electron chi connectivity index (χ4n) is 3.43. The molecule has 166 valence electrons. The molecule has 0 spiro atoms. The van der Waals surface area contributed by atoms with E-state index in [-0.39, 0.29) is 23.5 Å². The number of ether oxygens (including phenoxy) is 1. The van der Waals surface area contributed by atoms with Crippen molar-refractivity contribution in [2.45, 2.75) is 47.1 Å². The molecule has 9 nitrogen and oxygen atoms in total. The second-order valence-corrected chi connectivity index (χ2v) is 8.90. The van der Waals surface area contributed by atoms with Gasteiger partial charge in [-0.25, -0.2) is 9.78 Å². The smallest absolute Gasteiger partial charge is 0.339 e. The van der Waals surface area contributed by atoms with E-state index in [2.05, 4.69) is 20.6 Å².